The Labute approximate surface area is 152 Å². The van der Waals surface area contributed by atoms with Crippen molar-refractivity contribution in [2.45, 2.75) is 31.8 Å². The summed E-state index contributed by atoms with van der Waals surface area (Å²) in [6.45, 7) is 1.76. The smallest absolute Gasteiger partial charge is 0.249 e. The molecule has 1 atom stereocenters. The third-order valence-electron chi connectivity index (χ3n) is 4.24. The fourth-order valence-corrected chi connectivity index (χ4v) is 3.69. The van der Waals surface area contributed by atoms with Crippen LogP contribution < -0.4 is 4.72 Å². The summed E-state index contributed by atoms with van der Waals surface area (Å²) in [6, 6.07) is 7.44. The summed E-state index contributed by atoms with van der Waals surface area (Å²) >= 11 is 6.16. The van der Waals surface area contributed by atoms with Gasteiger partial charge in [0.1, 0.15) is 0 Å². The Hall–Kier alpha value is -1.48. The predicted octanol–water partition coefficient (Wildman–Crippen LogP) is 2.29. The number of likely N-dealkylation sites (tertiary alicyclic amines) is 1. The molecule has 136 valence electrons. The lowest BCUT2D eigenvalue weighted by atomic mass is 10.0. The van der Waals surface area contributed by atoms with Crippen molar-refractivity contribution in [1.29, 1.82) is 0 Å². The minimum absolute atomic E-state index is 0.124. The molecule has 25 heavy (non-hydrogen) atoms. The van der Waals surface area contributed by atoms with Crippen LogP contribution in [0.5, 0.6) is 0 Å². The highest BCUT2D eigenvalue weighted by Gasteiger charge is 2.25. The van der Waals surface area contributed by atoms with Crippen LogP contribution in [0.15, 0.2) is 28.7 Å². The molecule has 2 aromatic rings. The molecule has 1 fully saturated rings. The van der Waals surface area contributed by atoms with Gasteiger partial charge in [0.15, 0.2) is 0 Å². The van der Waals surface area contributed by atoms with E-state index in [1.54, 1.807) is 6.07 Å². The van der Waals surface area contributed by atoms with E-state index in [9.17, 15) is 8.42 Å². The van der Waals surface area contributed by atoms with Gasteiger partial charge in [0.25, 0.3) is 0 Å². The number of sulfonamides is 1. The molecular formula is C16H21ClN4O3S. The molecule has 2 heterocycles. The Morgan fingerprint density at radius 2 is 2.12 bits per heavy atom. The van der Waals surface area contributed by atoms with E-state index in [2.05, 4.69) is 19.8 Å². The topological polar surface area (TPSA) is 88.3 Å². The van der Waals surface area contributed by atoms with Crippen molar-refractivity contribution in [1.82, 2.24) is 19.8 Å². The molecule has 1 aliphatic rings. The molecule has 1 aromatic heterocycles. The van der Waals surface area contributed by atoms with Crippen molar-refractivity contribution in [3.8, 4) is 11.5 Å². The van der Waals surface area contributed by atoms with Crippen LogP contribution in [0.2, 0.25) is 5.02 Å². The predicted molar refractivity (Wildman–Crippen MR) is 95.6 cm³/mol. The number of rotatable bonds is 6. The zero-order valence-electron chi connectivity index (χ0n) is 14.0. The number of nitrogens with zero attached hydrogens (tertiary/aromatic N) is 3. The van der Waals surface area contributed by atoms with E-state index in [-0.39, 0.29) is 6.04 Å². The van der Waals surface area contributed by atoms with Gasteiger partial charge in [0.05, 0.1) is 23.4 Å². The van der Waals surface area contributed by atoms with Crippen LogP contribution in [0.1, 0.15) is 25.2 Å². The van der Waals surface area contributed by atoms with Gasteiger partial charge in [-0.15, -0.1) is 10.2 Å². The van der Waals surface area contributed by atoms with Crippen LogP contribution in [0, 0.1) is 0 Å². The zero-order valence-corrected chi connectivity index (χ0v) is 15.6. The normalized spacial score (nSPS) is 19.2. The lowest BCUT2D eigenvalue weighted by molar-refractivity contribution is 0.130. The van der Waals surface area contributed by atoms with Crippen LogP contribution in [0.25, 0.3) is 11.5 Å². The highest BCUT2D eigenvalue weighted by Crippen LogP contribution is 2.27. The maximum Gasteiger partial charge on any atom is 0.249 e. The number of halogens is 1. The first-order chi connectivity index (χ1) is 11.9. The van der Waals surface area contributed by atoms with Gasteiger partial charge in [-0.25, -0.2) is 13.1 Å². The number of hydrogen-bond acceptors (Lipinski definition) is 6. The molecule has 1 N–H and O–H groups in total. The third-order valence-corrected chi connectivity index (χ3v) is 5.26. The molecule has 0 amide bonds. The van der Waals surface area contributed by atoms with Gasteiger partial charge in [-0.1, -0.05) is 30.2 Å². The second kappa shape index (κ2) is 7.82. The summed E-state index contributed by atoms with van der Waals surface area (Å²) in [5.41, 5.74) is 0.705. The quantitative estimate of drug-likeness (QED) is 0.822. The summed E-state index contributed by atoms with van der Waals surface area (Å²) in [6.07, 6.45) is 4.27. The average Bonchev–Trinajstić information content (AvgIpc) is 3.02. The van der Waals surface area contributed by atoms with Crippen molar-refractivity contribution < 1.29 is 12.8 Å². The van der Waals surface area contributed by atoms with Gasteiger partial charge in [-0.05, 0) is 31.5 Å². The zero-order chi connectivity index (χ0) is 17.9. The van der Waals surface area contributed by atoms with E-state index in [1.807, 2.05) is 18.2 Å². The third kappa shape index (κ3) is 5.01. The van der Waals surface area contributed by atoms with Crippen molar-refractivity contribution in [2.24, 2.45) is 0 Å². The summed E-state index contributed by atoms with van der Waals surface area (Å²) in [5.74, 6) is 0.893. The van der Waals surface area contributed by atoms with Crippen molar-refractivity contribution in [3.05, 3.63) is 35.2 Å². The van der Waals surface area contributed by atoms with Gasteiger partial charge in [0.2, 0.25) is 21.8 Å². The van der Waals surface area contributed by atoms with E-state index in [4.69, 9.17) is 16.0 Å². The molecule has 3 rings (SSSR count). The molecule has 0 bridgehead atoms. The summed E-state index contributed by atoms with van der Waals surface area (Å²) < 4.78 is 31.0. The van der Waals surface area contributed by atoms with E-state index in [0.717, 1.165) is 25.8 Å². The highest BCUT2D eigenvalue weighted by atomic mass is 35.5. The van der Waals surface area contributed by atoms with Crippen molar-refractivity contribution in [3.63, 3.8) is 0 Å². The molecule has 1 unspecified atom stereocenters. The van der Waals surface area contributed by atoms with Crippen LogP contribution in [0.3, 0.4) is 0 Å². The minimum Gasteiger partial charge on any atom is -0.419 e. The van der Waals surface area contributed by atoms with Gasteiger partial charge < -0.3 is 4.42 Å². The standard InChI is InChI=1S/C16H21ClN4O3S/c1-25(22,23)18-10-12-6-4-5-9-21(12)11-15-19-20-16(24-15)13-7-2-3-8-14(13)17/h2-3,7-8,12,18H,4-6,9-11H2,1H3. The lowest BCUT2D eigenvalue weighted by Gasteiger charge is -2.34. The molecule has 9 heteroatoms. The summed E-state index contributed by atoms with van der Waals surface area (Å²) in [5, 5.41) is 8.76. The number of hydrogen-bond donors (Lipinski definition) is 1. The molecule has 0 saturated carbocycles. The van der Waals surface area contributed by atoms with E-state index in [1.165, 1.54) is 6.26 Å². The molecule has 7 nitrogen and oxygen atoms in total. The Morgan fingerprint density at radius 3 is 2.88 bits per heavy atom. The second-order valence-electron chi connectivity index (χ2n) is 6.22. The van der Waals surface area contributed by atoms with Gasteiger partial charge >= 0.3 is 0 Å². The minimum atomic E-state index is -3.20. The first kappa shape index (κ1) is 18.3. The number of piperidine rings is 1. The monoisotopic (exact) mass is 384 g/mol. The maximum atomic E-state index is 11.3. The Morgan fingerprint density at radius 1 is 1.32 bits per heavy atom. The van der Waals surface area contributed by atoms with Crippen LogP contribution in [-0.2, 0) is 16.6 Å². The van der Waals surface area contributed by atoms with Crippen LogP contribution >= 0.6 is 11.6 Å². The number of aromatic nitrogens is 2. The fraction of sp³-hybridized carbons (Fsp3) is 0.500. The molecule has 0 spiro atoms. The van der Waals surface area contributed by atoms with Crippen molar-refractivity contribution in [2.75, 3.05) is 19.3 Å². The fourth-order valence-electron chi connectivity index (χ4n) is 2.98. The average molecular weight is 385 g/mol. The first-order valence-corrected chi connectivity index (χ1v) is 10.5. The lowest BCUT2D eigenvalue weighted by Crippen LogP contribution is -2.46. The molecule has 0 radical (unpaired) electrons. The largest absolute Gasteiger partial charge is 0.419 e. The SMILES string of the molecule is CS(=O)(=O)NCC1CCCCN1Cc1nnc(-c2ccccc2Cl)o1. The number of benzene rings is 1. The highest BCUT2D eigenvalue weighted by molar-refractivity contribution is 7.88. The maximum absolute atomic E-state index is 11.3. The molecule has 0 aliphatic carbocycles. The van der Waals surface area contributed by atoms with E-state index >= 15 is 0 Å². The van der Waals surface area contributed by atoms with Gasteiger partial charge in [0, 0.05) is 12.6 Å². The first-order valence-electron chi connectivity index (χ1n) is 8.18. The van der Waals surface area contributed by atoms with E-state index in [0.29, 0.717) is 35.5 Å². The summed E-state index contributed by atoms with van der Waals surface area (Å²) in [7, 11) is -3.20. The van der Waals surface area contributed by atoms with Crippen LogP contribution in [-0.4, -0.2) is 48.9 Å². The van der Waals surface area contributed by atoms with Gasteiger partial charge in [-0.3, -0.25) is 4.90 Å². The number of nitrogens with one attached hydrogen (secondary N) is 1. The molecule has 1 aliphatic heterocycles. The van der Waals surface area contributed by atoms with Gasteiger partial charge in [-0.2, -0.15) is 0 Å². The molecular weight excluding hydrogens is 364 g/mol. The second-order valence-corrected chi connectivity index (χ2v) is 8.46. The molecule has 1 saturated heterocycles. The Balaban J connectivity index is 1.69. The Bertz CT molecular complexity index is 824. The van der Waals surface area contributed by atoms with Crippen molar-refractivity contribution >= 4 is 21.6 Å². The van der Waals surface area contributed by atoms with Crippen LogP contribution in [0.4, 0.5) is 0 Å². The van der Waals surface area contributed by atoms with E-state index < -0.39 is 10.0 Å². The summed E-state index contributed by atoms with van der Waals surface area (Å²) in [4.78, 5) is 2.19. The Kier molecular flexibility index (Phi) is 5.73. The molecule has 1 aromatic carbocycles.